The van der Waals surface area contributed by atoms with Gasteiger partial charge in [-0.2, -0.15) is 0 Å². The van der Waals surface area contributed by atoms with Crippen molar-refractivity contribution in [3.05, 3.63) is 53.1 Å². The van der Waals surface area contributed by atoms with E-state index in [4.69, 9.17) is 14.2 Å². The molecular weight excluding hydrogens is 294 g/mol. The molecule has 2 aromatic carbocycles. The van der Waals surface area contributed by atoms with E-state index in [0.717, 1.165) is 23.2 Å². The first-order valence-electron chi connectivity index (χ1n) is 7.49. The predicted octanol–water partition coefficient (Wildman–Crippen LogP) is 3.55. The Bertz CT molecular complexity index is 742. The number of carbonyl (C=O) groups is 1. The highest BCUT2D eigenvalue weighted by molar-refractivity contribution is 5.98. The first-order chi connectivity index (χ1) is 11.2. The summed E-state index contributed by atoms with van der Waals surface area (Å²) in [7, 11) is 3.05. The van der Waals surface area contributed by atoms with Gasteiger partial charge in [-0.3, -0.25) is 0 Å². The van der Waals surface area contributed by atoms with Crippen LogP contribution in [0.5, 0.6) is 11.5 Å². The molecule has 0 fully saturated rings. The molecule has 1 N–H and O–H groups in total. The van der Waals surface area contributed by atoms with E-state index in [1.807, 2.05) is 24.3 Å². The Hall–Kier alpha value is -2.69. The van der Waals surface area contributed by atoms with E-state index in [1.165, 1.54) is 14.2 Å². The average molecular weight is 313 g/mol. The van der Waals surface area contributed by atoms with Gasteiger partial charge in [-0.25, -0.2) is 4.79 Å². The number of nitrogens with one attached hydrogen (secondary N) is 1. The number of para-hydroxylation sites is 1. The molecule has 0 saturated carbocycles. The van der Waals surface area contributed by atoms with Gasteiger partial charge in [0.1, 0.15) is 5.56 Å². The van der Waals surface area contributed by atoms with Gasteiger partial charge in [0.25, 0.3) is 0 Å². The summed E-state index contributed by atoms with van der Waals surface area (Å²) in [5.74, 6) is 0.503. The van der Waals surface area contributed by atoms with Crippen molar-refractivity contribution in [1.82, 2.24) is 0 Å². The molecular formula is C18H19NO4. The number of esters is 1. The smallest absolute Gasteiger partial charge is 0.344 e. The molecule has 0 saturated heterocycles. The fourth-order valence-electron chi connectivity index (χ4n) is 2.82. The van der Waals surface area contributed by atoms with Crippen molar-refractivity contribution in [2.24, 2.45) is 0 Å². The minimum atomic E-state index is -0.537. The zero-order valence-corrected chi connectivity index (χ0v) is 13.4. The summed E-state index contributed by atoms with van der Waals surface area (Å²) in [5, 5.41) is 3.30. The molecule has 0 spiro atoms. The van der Waals surface area contributed by atoms with Gasteiger partial charge in [0.15, 0.2) is 11.5 Å². The van der Waals surface area contributed by atoms with Crippen molar-refractivity contribution < 1.29 is 19.0 Å². The first kappa shape index (κ1) is 15.2. The minimum absolute atomic E-state index is 0.406. The van der Waals surface area contributed by atoms with Crippen molar-refractivity contribution in [2.45, 2.75) is 19.6 Å². The number of cyclic esters (lactones) is 1. The van der Waals surface area contributed by atoms with Crippen LogP contribution in [0, 0.1) is 0 Å². The second kappa shape index (κ2) is 6.20. The highest BCUT2D eigenvalue weighted by Gasteiger charge is 2.36. The normalized spacial score (nSPS) is 15.8. The van der Waals surface area contributed by atoms with Gasteiger partial charge < -0.3 is 19.5 Å². The van der Waals surface area contributed by atoms with E-state index in [-0.39, 0.29) is 0 Å². The molecule has 2 aromatic rings. The quantitative estimate of drug-likeness (QED) is 0.856. The van der Waals surface area contributed by atoms with E-state index >= 15 is 0 Å². The maximum absolute atomic E-state index is 12.3. The van der Waals surface area contributed by atoms with Crippen molar-refractivity contribution in [2.75, 3.05) is 19.5 Å². The molecule has 0 aliphatic carbocycles. The van der Waals surface area contributed by atoms with Crippen LogP contribution < -0.4 is 14.8 Å². The van der Waals surface area contributed by atoms with Gasteiger partial charge >= 0.3 is 5.97 Å². The SMILES string of the molecule is CCc1ccccc1N[C@@H]1OC(=O)c2c1ccc(OC)c2OC. The topological polar surface area (TPSA) is 56.8 Å². The van der Waals surface area contributed by atoms with Crippen molar-refractivity contribution in [3.63, 3.8) is 0 Å². The summed E-state index contributed by atoms with van der Waals surface area (Å²) >= 11 is 0. The van der Waals surface area contributed by atoms with Crippen LogP contribution in [0.25, 0.3) is 0 Å². The summed E-state index contributed by atoms with van der Waals surface area (Å²) in [4.78, 5) is 12.3. The molecule has 23 heavy (non-hydrogen) atoms. The van der Waals surface area contributed by atoms with Gasteiger partial charge in [0.05, 0.1) is 14.2 Å². The number of aryl methyl sites for hydroxylation is 1. The molecule has 0 radical (unpaired) electrons. The van der Waals surface area contributed by atoms with Crippen LogP contribution in [0.1, 0.15) is 34.6 Å². The summed E-state index contributed by atoms with van der Waals surface area (Å²) in [6.07, 6.45) is 0.354. The molecule has 0 bridgehead atoms. The number of anilines is 1. The van der Waals surface area contributed by atoms with E-state index in [1.54, 1.807) is 6.07 Å². The van der Waals surface area contributed by atoms with Crippen LogP contribution in [0.15, 0.2) is 36.4 Å². The molecule has 5 nitrogen and oxygen atoms in total. The van der Waals surface area contributed by atoms with Crippen molar-refractivity contribution >= 4 is 11.7 Å². The lowest BCUT2D eigenvalue weighted by Gasteiger charge is -2.17. The molecule has 3 rings (SSSR count). The molecule has 5 heteroatoms. The molecule has 1 aliphatic heterocycles. The molecule has 1 atom stereocenters. The Morgan fingerprint density at radius 3 is 2.61 bits per heavy atom. The van der Waals surface area contributed by atoms with E-state index in [9.17, 15) is 4.79 Å². The Kier molecular flexibility index (Phi) is 4.10. The van der Waals surface area contributed by atoms with Crippen LogP contribution in [-0.2, 0) is 11.2 Å². The first-order valence-corrected chi connectivity index (χ1v) is 7.49. The van der Waals surface area contributed by atoms with Gasteiger partial charge in [0.2, 0.25) is 6.23 Å². The monoisotopic (exact) mass is 313 g/mol. The van der Waals surface area contributed by atoms with Crippen LogP contribution >= 0.6 is 0 Å². The third-order valence-electron chi connectivity index (χ3n) is 3.97. The fraction of sp³-hybridized carbons (Fsp3) is 0.278. The number of hydrogen-bond acceptors (Lipinski definition) is 5. The number of benzene rings is 2. The molecule has 0 aromatic heterocycles. The maximum Gasteiger partial charge on any atom is 0.344 e. The van der Waals surface area contributed by atoms with Gasteiger partial charge in [-0.1, -0.05) is 25.1 Å². The average Bonchev–Trinajstić information content (AvgIpc) is 2.90. The van der Waals surface area contributed by atoms with E-state index in [2.05, 4.69) is 18.3 Å². The van der Waals surface area contributed by atoms with E-state index < -0.39 is 12.2 Å². The van der Waals surface area contributed by atoms with Gasteiger partial charge in [0, 0.05) is 11.3 Å². The van der Waals surface area contributed by atoms with Crippen LogP contribution in [0.4, 0.5) is 5.69 Å². The van der Waals surface area contributed by atoms with Crippen LogP contribution in [0.2, 0.25) is 0 Å². The Labute approximate surface area is 135 Å². The Morgan fingerprint density at radius 2 is 1.91 bits per heavy atom. The van der Waals surface area contributed by atoms with Crippen LogP contribution in [0.3, 0.4) is 0 Å². The summed E-state index contributed by atoms with van der Waals surface area (Å²) < 4.78 is 16.1. The number of carbonyl (C=O) groups excluding carboxylic acids is 1. The lowest BCUT2D eigenvalue weighted by atomic mass is 10.1. The lowest BCUT2D eigenvalue weighted by molar-refractivity contribution is 0.0435. The maximum atomic E-state index is 12.3. The van der Waals surface area contributed by atoms with Gasteiger partial charge in [-0.05, 0) is 30.2 Å². The Balaban J connectivity index is 1.99. The summed E-state index contributed by atoms with van der Waals surface area (Å²) in [5.41, 5.74) is 3.28. The number of ether oxygens (including phenoxy) is 3. The van der Waals surface area contributed by atoms with Crippen molar-refractivity contribution in [3.8, 4) is 11.5 Å². The van der Waals surface area contributed by atoms with E-state index in [0.29, 0.717) is 17.1 Å². The van der Waals surface area contributed by atoms with Crippen LogP contribution in [-0.4, -0.2) is 20.2 Å². The highest BCUT2D eigenvalue weighted by atomic mass is 16.6. The minimum Gasteiger partial charge on any atom is -0.493 e. The van der Waals surface area contributed by atoms with Crippen molar-refractivity contribution in [1.29, 1.82) is 0 Å². The Morgan fingerprint density at radius 1 is 1.13 bits per heavy atom. The second-order valence-corrected chi connectivity index (χ2v) is 5.21. The largest absolute Gasteiger partial charge is 0.493 e. The number of fused-ring (bicyclic) bond motifs is 1. The molecule has 0 unspecified atom stereocenters. The number of methoxy groups -OCH3 is 2. The summed E-state index contributed by atoms with van der Waals surface area (Å²) in [6, 6.07) is 11.6. The standard InChI is InChI=1S/C18H19NO4/c1-4-11-7-5-6-8-13(11)19-17-12-9-10-14(21-2)16(22-3)15(12)18(20)23-17/h5-10,17,19H,4H2,1-3H3/t17-/m1/s1. The highest BCUT2D eigenvalue weighted by Crippen LogP contribution is 2.42. The summed E-state index contributed by atoms with van der Waals surface area (Å²) in [6.45, 7) is 2.09. The molecule has 0 amide bonds. The predicted molar refractivity (Wildman–Crippen MR) is 87.1 cm³/mol. The fourth-order valence-corrected chi connectivity index (χ4v) is 2.82. The molecule has 1 heterocycles. The molecule has 120 valence electrons. The van der Waals surface area contributed by atoms with Gasteiger partial charge in [-0.15, -0.1) is 0 Å². The number of rotatable bonds is 5. The third kappa shape index (κ3) is 2.59. The lowest BCUT2D eigenvalue weighted by Crippen LogP contribution is -2.11. The third-order valence-corrected chi connectivity index (χ3v) is 3.97. The zero-order valence-electron chi connectivity index (χ0n) is 13.4. The molecule has 1 aliphatic rings. The second-order valence-electron chi connectivity index (χ2n) is 5.21. The number of hydrogen-bond donors (Lipinski definition) is 1. The zero-order chi connectivity index (χ0) is 16.4.